The van der Waals surface area contributed by atoms with Crippen LogP contribution in [-0.4, -0.2) is 34.7 Å². The van der Waals surface area contributed by atoms with Gasteiger partial charge in [-0.25, -0.2) is 5.43 Å². The molecule has 1 heterocycles. The van der Waals surface area contributed by atoms with Crippen LogP contribution in [0.3, 0.4) is 0 Å². The second-order valence-electron chi connectivity index (χ2n) is 7.31. The van der Waals surface area contributed by atoms with E-state index in [-0.39, 0.29) is 11.7 Å². The van der Waals surface area contributed by atoms with Crippen molar-refractivity contribution in [3.63, 3.8) is 0 Å². The number of thioether (sulfide) groups is 2. The lowest BCUT2D eigenvalue weighted by Gasteiger charge is -2.05. The number of hydrazone groups is 1. The molecule has 33 heavy (non-hydrogen) atoms. The monoisotopic (exact) mass is 500 g/mol. The van der Waals surface area contributed by atoms with E-state index < -0.39 is 0 Å². The van der Waals surface area contributed by atoms with E-state index in [4.69, 9.17) is 4.74 Å². The summed E-state index contributed by atoms with van der Waals surface area (Å²) in [6.45, 7) is 4.98. The highest BCUT2D eigenvalue weighted by Gasteiger charge is 2.08. The zero-order valence-electron chi connectivity index (χ0n) is 18.8. The fraction of sp³-hybridized carbons (Fsp3) is 0.333. The highest BCUT2D eigenvalue weighted by Crippen LogP contribution is 2.30. The lowest BCUT2D eigenvalue weighted by atomic mass is 10.2. The first kappa shape index (κ1) is 25.3. The highest BCUT2D eigenvalue weighted by atomic mass is 32.2. The summed E-state index contributed by atoms with van der Waals surface area (Å²) in [4.78, 5) is 12.1. The minimum atomic E-state index is -0.184. The maximum atomic E-state index is 12.1. The molecule has 0 bridgehead atoms. The van der Waals surface area contributed by atoms with E-state index in [1.165, 1.54) is 47.1 Å². The number of nitrogens with one attached hydrogen (secondary N) is 1. The first-order valence-corrected chi connectivity index (χ1v) is 13.6. The Balaban J connectivity index is 1.34. The number of ether oxygens (including phenoxy) is 1. The standard InChI is InChI=1S/C24H28N4O2S3/c1-3-4-5-14-30-21-12-10-19(11-13-21)15-25-26-22(29)17-32-24-28-27-23(33-24)31-16-20-8-6-18(2)7-9-20/h6-13,15H,3-5,14,16-17H2,1-2H3,(H,26,29). The van der Waals surface area contributed by atoms with E-state index >= 15 is 0 Å². The van der Waals surface area contributed by atoms with Crippen molar-refractivity contribution in [1.29, 1.82) is 0 Å². The predicted octanol–water partition coefficient (Wildman–Crippen LogP) is 5.95. The third kappa shape index (κ3) is 9.57. The van der Waals surface area contributed by atoms with Gasteiger partial charge in [0.25, 0.3) is 5.91 Å². The Morgan fingerprint density at radius 1 is 1.06 bits per heavy atom. The number of rotatable bonds is 13. The number of aryl methyl sites for hydroxylation is 1. The van der Waals surface area contributed by atoms with E-state index in [0.717, 1.165) is 38.8 Å². The van der Waals surface area contributed by atoms with Crippen molar-refractivity contribution in [3.05, 3.63) is 65.2 Å². The van der Waals surface area contributed by atoms with Gasteiger partial charge in [-0.1, -0.05) is 84.5 Å². The Morgan fingerprint density at radius 2 is 1.79 bits per heavy atom. The molecular formula is C24H28N4O2S3. The molecule has 0 aliphatic rings. The van der Waals surface area contributed by atoms with Gasteiger partial charge in [0.05, 0.1) is 18.6 Å². The van der Waals surface area contributed by atoms with Gasteiger partial charge >= 0.3 is 0 Å². The molecule has 0 aliphatic carbocycles. The topological polar surface area (TPSA) is 76.5 Å². The van der Waals surface area contributed by atoms with Crippen LogP contribution in [-0.2, 0) is 10.5 Å². The average Bonchev–Trinajstić information content (AvgIpc) is 3.29. The smallest absolute Gasteiger partial charge is 0.250 e. The van der Waals surface area contributed by atoms with Crippen molar-refractivity contribution < 1.29 is 9.53 Å². The van der Waals surface area contributed by atoms with Gasteiger partial charge in [-0.2, -0.15) is 5.10 Å². The van der Waals surface area contributed by atoms with Crippen molar-refractivity contribution in [3.8, 4) is 5.75 Å². The van der Waals surface area contributed by atoms with Crippen LogP contribution in [0.25, 0.3) is 0 Å². The van der Waals surface area contributed by atoms with Gasteiger partial charge < -0.3 is 4.74 Å². The molecule has 9 heteroatoms. The minimum Gasteiger partial charge on any atom is -0.494 e. The molecule has 2 aromatic carbocycles. The molecule has 3 rings (SSSR count). The number of hydrogen-bond acceptors (Lipinski definition) is 8. The molecule has 0 radical (unpaired) electrons. The zero-order chi connectivity index (χ0) is 23.3. The molecule has 1 N–H and O–H groups in total. The summed E-state index contributed by atoms with van der Waals surface area (Å²) >= 11 is 4.51. The average molecular weight is 501 g/mol. The largest absolute Gasteiger partial charge is 0.494 e. The quantitative estimate of drug-likeness (QED) is 0.135. The molecular weight excluding hydrogens is 472 g/mol. The molecule has 0 aliphatic heterocycles. The van der Waals surface area contributed by atoms with Gasteiger partial charge in [-0.3, -0.25) is 4.79 Å². The van der Waals surface area contributed by atoms with Crippen molar-refractivity contribution in [2.75, 3.05) is 12.4 Å². The van der Waals surface area contributed by atoms with Crippen LogP contribution in [0.1, 0.15) is 42.9 Å². The van der Waals surface area contributed by atoms with Gasteiger partial charge in [-0.05, 0) is 48.7 Å². The number of benzene rings is 2. The lowest BCUT2D eigenvalue weighted by Crippen LogP contribution is -2.19. The van der Waals surface area contributed by atoms with Crippen molar-refractivity contribution in [1.82, 2.24) is 15.6 Å². The Labute approximate surface area is 207 Å². The van der Waals surface area contributed by atoms with Crippen LogP contribution >= 0.6 is 34.9 Å². The fourth-order valence-electron chi connectivity index (χ4n) is 2.67. The van der Waals surface area contributed by atoms with Crippen LogP contribution in [0.15, 0.2) is 62.3 Å². The van der Waals surface area contributed by atoms with Gasteiger partial charge in [-0.15, -0.1) is 10.2 Å². The molecule has 1 amide bonds. The number of aromatic nitrogens is 2. The number of carbonyl (C=O) groups excluding carboxylic acids is 1. The summed E-state index contributed by atoms with van der Waals surface area (Å²) in [7, 11) is 0. The SMILES string of the molecule is CCCCCOc1ccc(C=NNC(=O)CSc2nnc(SCc3ccc(C)cc3)s2)cc1. The molecule has 0 spiro atoms. The van der Waals surface area contributed by atoms with Crippen molar-refractivity contribution >= 4 is 47.0 Å². The van der Waals surface area contributed by atoms with Crippen LogP contribution in [0.2, 0.25) is 0 Å². The lowest BCUT2D eigenvalue weighted by molar-refractivity contribution is -0.118. The maximum absolute atomic E-state index is 12.1. The molecule has 3 aromatic rings. The second-order valence-corrected chi connectivity index (χ2v) is 10.7. The van der Waals surface area contributed by atoms with E-state index in [0.29, 0.717) is 0 Å². The van der Waals surface area contributed by atoms with E-state index in [2.05, 4.69) is 58.8 Å². The molecule has 174 valence electrons. The predicted molar refractivity (Wildman–Crippen MR) is 139 cm³/mol. The number of unbranched alkanes of at least 4 members (excludes halogenated alkanes) is 2. The highest BCUT2D eigenvalue weighted by molar-refractivity contribution is 8.03. The van der Waals surface area contributed by atoms with E-state index in [1.54, 1.807) is 18.0 Å². The van der Waals surface area contributed by atoms with Crippen molar-refractivity contribution in [2.24, 2.45) is 5.10 Å². The minimum absolute atomic E-state index is 0.184. The van der Waals surface area contributed by atoms with Crippen molar-refractivity contribution in [2.45, 2.75) is 47.5 Å². The summed E-state index contributed by atoms with van der Waals surface area (Å²) in [6, 6.07) is 16.1. The second kappa shape index (κ2) is 14.0. The van der Waals surface area contributed by atoms with Gasteiger partial charge in [0.15, 0.2) is 8.68 Å². The van der Waals surface area contributed by atoms with Crippen LogP contribution in [0.5, 0.6) is 5.75 Å². The van der Waals surface area contributed by atoms with E-state index in [1.807, 2.05) is 24.3 Å². The normalized spacial score (nSPS) is 11.1. The summed E-state index contributed by atoms with van der Waals surface area (Å²) in [5.74, 6) is 1.74. The number of nitrogens with zero attached hydrogens (tertiary/aromatic N) is 3. The first-order chi connectivity index (χ1) is 16.1. The van der Waals surface area contributed by atoms with Gasteiger partial charge in [0, 0.05) is 5.75 Å². The summed E-state index contributed by atoms with van der Waals surface area (Å²) in [5, 5.41) is 12.4. The zero-order valence-corrected chi connectivity index (χ0v) is 21.3. The Kier molecular flexibility index (Phi) is 10.7. The summed E-state index contributed by atoms with van der Waals surface area (Å²) in [6.07, 6.45) is 5.04. The molecule has 0 fully saturated rings. The molecule has 1 aromatic heterocycles. The Bertz CT molecular complexity index is 1020. The molecule has 0 saturated heterocycles. The molecule has 6 nitrogen and oxygen atoms in total. The Morgan fingerprint density at radius 3 is 2.52 bits per heavy atom. The van der Waals surface area contributed by atoms with Crippen LogP contribution < -0.4 is 10.2 Å². The first-order valence-electron chi connectivity index (χ1n) is 10.8. The molecule has 0 atom stereocenters. The summed E-state index contributed by atoms with van der Waals surface area (Å²) < 4.78 is 7.37. The third-order valence-electron chi connectivity index (χ3n) is 4.50. The third-order valence-corrected chi connectivity index (χ3v) is 7.76. The number of amides is 1. The maximum Gasteiger partial charge on any atom is 0.250 e. The van der Waals surface area contributed by atoms with Gasteiger partial charge in [0.2, 0.25) is 0 Å². The fourth-order valence-corrected chi connectivity index (χ4v) is 5.44. The molecule has 0 unspecified atom stereocenters. The molecule has 0 saturated carbocycles. The van der Waals surface area contributed by atoms with E-state index in [9.17, 15) is 4.79 Å². The number of carbonyl (C=O) groups is 1. The van der Waals surface area contributed by atoms with Gasteiger partial charge in [0.1, 0.15) is 5.75 Å². The van der Waals surface area contributed by atoms with Crippen LogP contribution in [0, 0.1) is 6.92 Å². The Hall–Kier alpha value is -2.36. The summed E-state index contributed by atoms with van der Waals surface area (Å²) in [5.41, 5.74) is 5.95. The number of hydrogen-bond donors (Lipinski definition) is 1. The van der Waals surface area contributed by atoms with Crippen LogP contribution in [0.4, 0.5) is 0 Å².